The van der Waals surface area contributed by atoms with Crippen LogP contribution in [0.4, 0.5) is 9.52 Å². The highest BCUT2D eigenvalue weighted by atomic mass is 32.1. The number of nitrogens with one attached hydrogen (secondary N) is 1. The van der Waals surface area contributed by atoms with Crippen LogP contribution in [-0.2, 0) is 4.79 Å². The zero-order valence-corrected chi connectivity index (χ0v) is 12.8. The Morgan fingerprint density at radius 2 is 2.14 bits per heavy atom. The number of halogens is 1. The Morgan fingerprint density at radius 1 is 1.38 bits per heavy atom. The lowest BCUT2D eigenvalue weighted by molar-refractivity contribution is -0.132. The standard InChI is InChI=1S/C15H18FN3OS/c1-10(14(20)19-7-3-2-4-8-19)17-15-18-12-9-11(16)5-6-13(12)21-15/h5-6,9-10H,2-4,7-8H2,1H3,(H,17,18). The minimum Gasteiger partial charge on any atom is -0.350 e. The number of hydrogen-bond donors (Lipinski definition) is 1. The van der Waals surface area contributed by atoms with Gasteiger partial charge in [0.05, 0.1) is 10.2 Å². The predicted octanol–water partition coefficient (Wildman–Crippen LogP) is 3.25. The molecule has 1 atom stereocenters. The van der Waals surface area contributed by atoms with Gasteiger partial charge in [0.1, 0.15) is 11.9 Å². The third kappa shape index (κ3) is 3.15. The summed E-state index contributed by atoms with van der Waals surface area (Å²) in [5, 5.41) is 3.80. The second-order valence-electron chi connectivity index (χ2n) is 5.38. The van der Waals surface area contributed by atoms with E-state index in [-0.39, 0.29) is 17.8 Å². The number of rotatable bonds is 3. The van der Waals surface area contributed by atoms with Crippen LogP contribution >= 0.6 is 11.3 Å². The molecule has 1 aliphatic heterocycles. The summed E-state index contributed by atoms with van der Waals surface area (Å²) >= 11 is 1.44. The van der Waals surface area contributed by atoms with E-state index in [4.69, 9.17) is 0 Å². The largest absolute Gasteiger partial charge is 0.350 e. The molecule has 0 bridgehead atoms. The van der Waals surface area contributed by atoms with Gasteiger partial charge < -0.3 is 10.2 Å². The van der Waals surface area contributed by atoms with Crippen molar-refractivity contribution in [2.24, 2.45) is 0 Å². The Kier molecular flexibility index (Phi) is 4.05. The van der Waals surface area contributed by atoms with Crippen molar-refractivity contribution in [2.45, 2.75) is 32.2 Å². The van der Waals surface area contributed by atoms with Crippen molar-refractivity contribution in [1.82, 2.24) is 9.88 Å². The molecule has 1 aromatic heterocycles. The van der Waals surface area contributed by atoms with Crippen molar-refractivity contribution < 1.29 is 9.18 Å². The number of amides is 1. The zero-order chi connectivity index (χ0) is 14.8. The van der Waals surface area contributed by atoms with Crippen molar-refractivity contribution in [2.75, 3.05) is 18.4 Å². The van der Waals surface area contributed by atoms with Crippen molar-refractivity contribution >= 4 is 32.6 Å². The second kappa shape index (κ2) is 5.97. The highest BCUT2D eigenvalue weighted by Crippen LogP contribution is 2.27. The summed E-state index contributed by atoms with van der Waals surface area (Å²) in [6.07, 6.45) is 3.37. The summed E-state index contributed by atoms with van der Waals surface area (Å²) in [5.41, 5.74) is 0.625. The second-order valence-corrected chi connectivity index (χ2v) is 6.41. The molecule has 0 saturated carbocycles. The summed E-state index contributed by atoms with van der Waals surface area (Å²) in [5.74, 6) is -0.183. The molecule has 3 rings (SSSR count). The quantitative estimate of drug-likeness (QED) is 0.947. The van der Waals surface area contributed by atoms with Gasteiger partial charge in [-0.2, -0.15) is 0 Å². The van der Waals surface area contributed by atoms with Crippen LogP contribution in [0.25, 0.3) is 10.2 Å². The van der Waals surface area contributed by atoms with Crippen LogP contribution in [0, 0.1) is 5.82 Å². The fraction of sp³-hybridized carbons (Fsp3) is 0.467. The number of benzene rings is 1. The maximum atomic E-state index is 13.2. The Hall–Kier alpha value is -1.69. The average Bonchev–Trinajstić information content (AvgIpc) is 2.88. The van der Waals surface area contributed by atoms with Crippen LogP contribution in [0.3, 0.4) is 0 Å². The molecule has 112 valence electrons. The minimum absolute atomic E-state index is 0.111. The number of thiazole rings is 1. The monoisotopic (exact) mass is 307 g/mol. The number of carbonyl (C=O) groups is 1. The molecule has 0 aliphatic carbocycles. The van der Waals surface area contributed by atoms with E-state index in [2.05, 4.69) is 10.3 Å². The number of nitrogens with zero attached hydrogens (tertiary/aromatic N) is 2. The van der Waals surface area contributed by atoms with Crippen molar-refractivity contribution in [3.63, 3.8) is 0 Å². The van der Waals surface area contributed by atoms with Gasteiger partial charge in [-0.15, -0.1) is 0 Å². The van der Waals surface area contributed by atoms with Crippen LogP contribution in [0.2, 0.25) is 0 Å². The molecule has 0 spiro atoms. The topological polar surface area (TPSA) is 45.2 Å². The smallest absolute Gasteiger partial charge is 0.244 e. The van der Waals surface area contributed by atoms with E-state index in [9.17, 15) is 9.18 Å². The van der Waals surface area contributed by atoms with E-state index in [1.165, 1.54) is 29.9 Å². The van der Waals surface area contributed by atoms with Crippen molar-refractivity contribution in [3.8, 4) is 0 Å². The molecule has 21 heavy (non-hydrogen) atoms. The number of likely N-dealkylation sites (tertiary alicyclic amines) is 1. The van der Waals surface area contributed by atoms with E-state index in [1.54, 1.807) is 6.07 Å². The normalized spacial score (nSPS) is 17.0. The third-order valence-corrected chi connectivity index (χ3v) is 4.70. The molecule has 0 radical (unpaired) electrons. The summed E-state index contributed by atoms with van der Waals surface area (Å²) < 4.78 is 14.1. The molecule has 1 amide bonds. The van der Waals surface area contributed by atoms with Crippen LogP contribution in [-0.4, -0.2) is 34.9 Å². The molecular weight excluding hydrogens is 289 g/mol. The highest BCUT2D eigenvalue weighted by Gasteiger charge is 2.22. The minimum atomic E-state index is -0.312. The summed E-state index contributed by atoms with van der Waals surface area (Å²) in [4.78, 5) is 18.6. The average molecular weight is 307 g/mol. The van der Waals surface area contributed by atoms with Gasteiger partial charge >= 0.3 is 0 Å². The molecular formula is C15H18FN3OS. The van der Waals surface area contributed by atoms with E-state index >= 15 is 0 Å². The summed E-state index contributed by atoms with van der Waals surface area (Å²) in [6.45, 7) is 3.54. The lowest BCUT2D eigenvalue weighted by atomic mass is 10.1. The maximum Gasteiger partial charge on any atom is 0.244 e. The Morgan fingerprint density at radius 3 is 2.90 bits per heavy atom. The maximum absolute atomic E-state index is 13.2. The fourth-order valence-electron chi connectivity index (χ4n) is 2.60. The van der Waals surface area contributed by atoms with Gasteiger partial charge in [0.2, 0.25) is 5.91 Å². The van der Waals surface area contributed by atoms with Gasteiger partial charge in [-0.1, -0.05) is 11.3 Å². The summed E-state index contributed by atoms with van der Waals surface area (Å²) in [6, 6.07) is 4.24. The van der Waals surface area contributed by atoms with Gasteiger partial charge in [0, 0.05) is 19.2 Å². The van der Waals surface area contributed by atoms with Gasteiger partial charge in [-0.25, -0.2) is 9.37 Å². The predicted molar refractivity (Wildman–Crippen MR) is 83.1 cm³/mol. The molecule has 2 aromatic rings. The molecule has 1 saturated heterocycles. The van der Waals surface area contributed by atoms with E-state index < -0.39 is 0 Å². The summed E-state index contributed by atoms with van der Waals surface area (Å²) in [7, 11) is 0. The molecule has 2 heterocycles. The zero-order valence-electron chi connectivity index (χ0n) is 11.9. The molecule has 6 heteroatoms. The number of hydrogen-bond acceptors (Lipinski definition) is 4. The van der Waals surface area contributed by atoms with Crippen LogP contribution in [0.5, 0.6) is 0 Å². The molecule has 1 N–H and O–H groups in total. The highest BCUT2D eigenvalue weighted by molar-refractivity contribution is 7.22. The number of aromatic nitrogens is 1. The number of carbonyl (C=O) groups excluding carboxylic acids is 1. The van der Waals surface area contributed by atoms with E-state index in [1.807, 2.05) is 11.8 Å². The Bertz CT molecular complexity index is 651. The molecule has 1 fully saturated rings. The fourth-order valence-corrected chi connectivity index (χ4v) is 3.53. The van der Waals surface area contributed by atoms with Gasteiger partial charge in [-0.05, 0) is 38.3 Å². The first-order valence-corrected chi connectivity index (χ1v) is 8.06. The lowest BCUT2D eigenvalue weighted by Gasteiger charge is -2.29. The van der Waals surface area contributed by atoms with E-state index in [0.717, 1.165) is 30.6 Å². The van der Waals surface area contributed by atoms with Crippen LogP contribution < -0.4 is 5.32 Å². The molecule has 1 aliphatic rings. The first-order valence-electron chi connectivity index (χ1n) is 7.25. The Balaban J connectivity index is 1.70. The van der Waals surface area contributed by atoms with E-state index in [0.29, 0.717) is 10.6 Å². The third-order valence-electron chi connectivity index (χ3n) is 3.73. The SMILES string of the molecule is CC(Nc1nc2cc(F)ccc2s1)C(=O)N1CCCCC1. The lowest BCUT2D eigenvalue weighted by Crippen LogP contribution is -2.43. The number of fused-ring (bicyclic) bond motifs is 1. The first-order chi connectivity index (χ1) is 10.1. The number of piperidine rings is 1. The van der Waals surface area contributed by atoms with Crippen LogP contribution in [0.1, 0.15) is 26.2 Å². The first kappa shape index (κ1) is 14.3. The van der Waals surface area contributed by atoms with Crippen LogP contribution in [0.15, 0.2) is 18.2 Å². The molecule has 1 aromatic carbocycles. The van der Waals surface area contributed by atoms with Gasteiger partial charge in [-0.3, -0.25) is 4.79 Å². The van der Waals surface area contributed by atoms with Gasteiger partial charge in [0.15, 0.2) is 5.13 Å². The molecule has 1 unspecified atom stereocenters. The van der Waals surface area contributed by atoms with Crippen molar-refractivity contribution in [1.29, 1.82) is 0 Å². The van der Waals surface area contributed by atoms with Gasteiger partial charge in [0.25, 0.3) is 0 Å². The Labute approximate surface area is 127 Å². The molecule has 4 nitrogen and oxygen atoms in total. The van der Waals surface area contributed by atoms with Crippen molar-refractivity contribution in [3.05, 3.63) is 24.0 Å². The number of anilines is 1.